The van der Waals surface area contributed by atoms with Gasteiger partial charge >= 0.3 is 17.2 Å². The maximum atomic E-state index is 13.4. The zero-order chi connectivity index (χ0) is 25.1. The predicted octanol–water partition coefficient (Wildman–Crippen LogP) is 3.46. The molecule has 0 fully saturated rings. The number of carbonyl (C=O) groups is 2. The maximum Gasteiger partial charge on any atom is 0.325 e. The molecule has 0 saturated carbocycles. The highest BCUT2D eigenvalue weighted by Gasteiger charge is 2.47. The highest BCUT2D eigenvalue weighted by molar-refractivity contribution is 7.98. The van der Waals surface area contributed by atoms with Crippen LogP contribution >= 0.6 is 11.8 Å². The molecule has 0 spiro atoms. The molecule has 10 heteroatoms. The Morgan fingerprint density at radius 1 is 1.11 bits per heavy atom. The second-order valence-corrected chi connectivity index (χ2v) is 8.49. The number of hydrogen-bond donors (Lipinski definition) is 1. The van der Waals surface area contributed by atoms with E-state index in [0.717, 1.165) is 0 Å². The van der Waals surface area contributed by atoms with Crippen molar-refractivity contribution in [3.8, 4) is 22.8 Å². The smallest absolute Gasteiger partial charge is 0.325 e. The van der Waals surface area contributed by atoms with E-state index >= 15 is 0 Å². The summed E-state index contributed by atoms with van der Waals surface area (Å²) in [5, 5.41) is 5.07. The van der Waals surface area contributed by atoms with Gasteiger partial charge in [0, 0.05) is 17.9 Å². The number of thioether (sulfide) groups is 1. The molecule has 0 unspecified atom stereocenters. The van der Waals surface area contributed by atoms with Crippen molar-refractivity contribution < 1.29 is 23.7 Å². The van der Waals surface area contributed by atoms with Crippen LogP contribution in [0.3, 0.4) is 0 Å². The van der Waals surface area contributed by atoms with E-state index < -0.39 is 12.1 Å². The Kier molecular flexibility index (Phi) is 7.20. The van der Waals surface area contributed by atoms with Crippen molar-refractivity contribution in [2.45, 2.75) is 44.9 Å². The summed E-state index contributed by atoms with van der Waals surface area (Å²) < 4.78 is 13.1. The first kappa shape index (κ1) is 24.5. The number of carbonyl (C=O) groups excluding carboxylic acids is 2. The van der Waals surface area contributed by atoms with Crippen molar-refractivity contribution in [3.63, 3.8) is 0 Å². The third-order valence-electron chi connectivity index (χ3n) is 5.61. The van der Waals surface area contributed by atoms with Gasteiger partial charge in [0.05, 0.1) is 23.4 Å². The number of H-pyrrole nitrogens is 1. The van der Waals surface area contributed by atoms with E-state index in [1.54, 1.807) is 55.3 Å². The van der Waals surface area contributed by atoms with Gasteiger partial charge in [-0.1, -0.05) is 43.8 Å². The number of amides is 1. The molecule has 1 amide bonds. The van der Waals surface area contributed by atoms with Gasteiger partial charge in [0.25, 0.3) is 6.17 Å². The van der Waals surface area contributed by atoms with Gasteiger partial charge in [-0.3, -0.25) is 19.4 Å². The van der Waals surface area contributed by atoms with E-state index in [2.05, 4.69) is 10.1 Å². The molecule has 0 aliphatic carbocycles. The SMILES string of the molecule is CCOc1cccc([C@H]2N(C(=O)CC)c3ccccc3-c3c(=O)[nH]c(SC)n[n+]32)c1OC(=O)CC. The summed E-state index contributed by atoms with van der Waals surface area (Å²) >= 11 is 1.28. The maximum absolute atomic E-state index is 13.4. The monoisotopic (exact) mass is 495 g/mol. The number of fused-ring (bicyclic) bond motifs is 3. The number of esters is 1. The number of aromatic nitrogens is 3. The van der Waals surface area contributed by atoms with E-state index in [0.29, 0.717) is 40.0 Å². The molecule has 0 bridgehead atoms. The molecule has 9 nitrogen and oxygen atoms in total. The van der Waals surface area contributed by atoms with E-state index in [1.165, 1.54) is 16.4 Å². The topological polar surface area (TPSA) is 105 Å². The molecule has 3 aromatic rings. The van der Waals surface area contributed by atoms with Gasteiger partial charge in [0.2, 0.25) is 11.1 Å². The predicted molar refractivity (Wildman–Crippen MR) is 132 cm³/mol. The summed E-state index contributed by atoms with van der Waals surface area (Å²) in [5.41, 5.74) is 1.60. The molecular formula is C25H27N4O5S+. The number of hydrogen-bond acceptors (Lipinski definition) is 7. The number of ether oxygens (including phenoxy) is 2. The van der Waals surface area contributed by atoms with Crippen LogP contribution in [-0.4, -0.2) is 34.8 Å². The van der Waals surface area contributed by atoms with Gasteiger partial charge in [-0.2, -0.15) is 0 Å². The number of para-hydroxylation sites is 2. The second kappa shape index (κ2) is 10.3. The number of benzene rings is 2. The van der Waals surface area contributed by atoms with E-state index in [9.17, 15) is 14.4 Å². The molecule has 182 valence electrons. The van der Waals surface area contributed by atoms with Gasteiger partial charge in [-0.25, -0.2) is 4.90 Å². The lowest BCUT2D eigenvalue weighted by Gasteiger charge is -2.32. The molecule has 2 heterocycles. The molecule has 1 atom stereocenters. The fourth-order valence-corrected chi connectivity index (χ4v) is 4.45. The number of nitrogens with zero attached hydrogens (tertiary/aromatic N) is 3. The second-order valence-electron chi connectivity index (χ2n) is 7.70. The minimum atomic E-state index is -0.888. The van der Waals surface area contributed by atoms with Crippen molar-refractivity contribution in [1.29, 1.82) is 0 Å². The first-order valence-corrected chi connectivity index (χ1v) is 12.6. The lowest BCUT2D eigenvalue weighted by atomic mass is 10.00. The Morgan fingerprint density at radius 2 is 1.89 bits per heavy atom. The van der Waals surface area contributed by atoms with Crippen molar-refractivity contribution in [1.82, 2.24) is 10.1 Å². The normalized spacial score (nSPS) is 14.2. The van der Waals surface area contributed by atoms with Crippen molar-refractivity contribution in [2.24, 2.45) is 0 Å². The van der Waals surface area contributed by atoms with E-state index in [4.69, 9.17) is 9.47 Å². The average Bonchev–Trinajstić information content (AvgIpc) is 2.88. The first-order chi connectivity index (χ1) is 16.9. The minimum absolute atomic E-state index is 0.156. The minimum Gasteiger partial charge on any atom is -0.490 e. The standard InChI is InChI=1S/C25H26N4O5S/c1-5-19(30)28-17-13-9-8-11-15(17)21-23(32)26-25(35-4)27-29(21)24(28)16-12-10-14-18(33-7-3)22(16)34-20(31)6-2/h8-14,24H,5-7H2,1-4H3/p+1/t24-/m0/s1. The Labute approximate surface area is 207 Å². The van der Waals surface area contributed by atoms with Gasteiger partial charge in [0.15, 0.2) is 11.5 Å². The van der Waals surface area contributed by atoms with Gasteiger partial charge < -0.3 is 9.47 Å². The van der Waals surface area contributed by atoms with Crippen LogP contribution in [0, 0.1) is 0 Å². The molecule has 0 radical (unpaired) electrons. The molecule has 1 aliphatic heterocycles. The molecule has 0 saturated heterocycles. The lowest BCUT2D eigenvalue weighted by Crippen LogP contribution is -2.61. The summed E-state index contributed by atoms with van der Waals surface area (Å²) in [6.07, 6.45) is 1.29. The van der Waals surface area contributed by atoms with Crippen molar-refractivity contribution in [2.75, 3.05) is 17.8 Å². The van der Waals surface area contributed by atoms with Crippen LogP contribution in [0.15, 0.2) is 52.4 Å². The van der Waals surface area contributed by atoms with Crippen LogP contribution in [-0.2, 0) is 9.59 Å². The summed E-state index contributed by atoms with van der Waals surface area (Å²) in [4.78, 5) is 43.5. The Hall–Kier alpha value is -3.66. The Balaban J connectivity index is 2.09. The number of nitrogens with one attached hydrogen (secondary N) is 1. The summed E-state index contributed by atoms with van der Waals surface area (Å²) in [6.45, 7) is 5.65. The van der Waals surface area contributed by atoms with Crippen LogP contribution in [0.1, 0.15) is 45.3 Å². The zero-order valence-corrected chi connectivity index (χ0v) is 20.8. The quantitative estimate of drug-likeness (QED) is 0.232. The molecule has 1 aromatic heterocycles. The molecule has 2 aromatic carbocycles. The van der Waals surface area contributed by atoms with Crippen LogP contribution in [0.25, 0.3) is 11.3 Å². The van der Waals surface area contributed by atoms with Crippen LogP contribution < -0.4 is 24.6 Å². The highest BCUT2D eigenvalue weighted by atomic mass is 32.2. The van der Waals surface area contributed by atoms with Crippen LogP contribution in [0.2, 0.25) is 0 Å². The Morgan fingerprint density at radius 3 is 2.57 bits per heavy atom. The highest BCUT2D eigenvalue weighted by Crippen LogP contribution is 2.42. The Bertz CT molecular complexity index is 1340. The lowest BCUT2D eigenvalue weighted by molar-refractivity contribution is -0.763. The largest absolute Gasteiger partial charge is 0.490 e. The number of aromatic amines is 1. The molecule has 35 heavy (non-hydrogen) atoms. The van der Waals surface area contributed by atoms with E-state index in [1.807, 2.05) is 19.1 Å². The fraction of sp³-hybridized carbons (Fsp3) is 0.320. The van der Waals surface area contributed by atoms with Gasteiger partial charge in [-0.05, 0) is 42.1 Å². The summed E-state index contributed by atoms with van der Waals surface area (Å²) in [6, 6.07) is 12.4. The molecule has 4 rings (SSSR count). The van der Waals surface area contributed by atoms with E-state index in [-0.39, 0.29) is 30.1 Å². The third-order valence-corrected chi connectivity index (χ3v) is 6.18. The van der Waals surface area contributed by atoms with Crippen LogP contribution in [0.4, 0.5) is 5.69 Å². The van der Waals surface area contributed by atoms with Crippen LogP contribution in [0.5, 0.6) is 11.5 Å². The van der Waals surface area contributed by atoms with Gasteiger partial charge in [-0.15, -0.1) is 0 Å². The number of rotatable bonds is 7. The average molecular weight is 496 g/mol. The number of anilines is 1. The third kappa shape index (κ3) is 4.41. The molecular weight excluding hydrogens is 468 g/mol. The molecule has 1 N–H and O–H groups in total. The molecule has 1 aliphatic rings. The van der Waals surface area contributed by atoms with Crippen molar-refractivity contribution >= 4 is 29.3 Å². The van der Waals surface area contributed by atoms with Gasteiger partial charge in [0.1, 0.15) is 0 Å². The fourth-order valence-electron chi connectivity index (χ4n) is 4.09. The summed E-state index contributed by atoms with van der Waals surface area (Å²) in [7, 11) is 0. The first-order valence-electron chi connectivity index (χ1n) is 11.4. The summed E-state index contributed by atoms with van der Waals surface area (Å²) in [5.74, 6) is -0.0582. The van der Waals surface area contributed by atoms with Crippen molar-refractivity contribution in [3.05, 3.63) is 58.4 Å². The zero-order valence-electron chi connectivity index (χ0n) is 20.0.